The summed E-state index contributed by atoms with van der Waals surface area (Å²) in [6, 6.07) is 8.52. The van der Waals surface area contributed by atoms with E-state index in [1.807, 2.05) is 11.6 Å². The van der Waals surface area contributed by atoms with E-state index in [0.29, 0.717) is 6.54 Å². The number of nitrogens with zero attached hydrogens (tertiary/aromatic N) is 2. The number of hydrogen-bond acceptors (Lipinski definition) is 3. The molecule has 0 saturated carbocycles. The molecule has 1 atom stereocenters. The first-order chi connectivity index (χ1) is 9.70. The third-order valence-electron chi connectivity index (χ3n) is 4.17. The third kappa shape index (κ3) is 2.25. The number of rotatable bonds is 3. The van der Waals surface area contributed by atoms with Crippen LogP contribution < -0.4 is 5.73 Å². The fourth-order valence-electron chi connectivity index (χ4n) is 2.99. The minimum absolute atomic E-state index is 0.0866. The van der Waals surface area contributed by atoms with Crippen molar-refractivity contribution in [2.45, 2.75) is 39.5 Å². The monoisotopic (exact) mass is 271 g/mol. The molecule has 106 valence electrons. The maximum atomic E-state index is 5.95. The van der Waals surface area contributed by atoms with Crippen LogP contribution in [0.15, 0.2) is 24.3 Å². The van der Waals surface area contributed by atoms with Crippen molar-refractivity contribution < 1.29 is 4.74 Å². The van der Waals surface area contributed by atoms with Gasteiger partial charge in [-0.2, -0.15) is 5.10 Å². The largest absolute Gasteiger partial charge is 0.371 e. The minimum atomic E-state index is 0.0866. The van der Waals surface area contributed by atoms with Gasteiger partial charge in [-0.15, -0.1) is 0 Å². The number of ether oxygens (including phenoxy) is 1. The highest BCUT2D eigenvalue weighted by Gasteiger charge is 2.22. The molecule has 3 rings (SSSR count). The summed E-state index contributed by atoms with van der Waals surface area (Å²) in [5.41, 5.74) is 11.8. The molecule has 0 saturated heterocycles. The van der Waals surface area contributed by atoms with Crippen LogP contribution in [0, 0.1) is 13.8 Å². The van der Waals surface area contributed by atoms with Gasteiger partial charge in [-0.25, -0.2) is 0 Å². The molecular weight excluding hydrogens is 250 g/mol. The Morgan fingerprint density at radius 3 is 2.90 bits per heavy atom. The van der Waals surface area contributed by atoms with E-state index in [4.69, 9.17) is 10.5 Å². The number of aromatic nitrogens is 2. The van der Waals surface area contributed by atoms with E-state index in [1.54, 1.807) is 0 Å². The quantitative estimate of drug-likeness (QED) is 0.931. The van der Waals surface area contributed by atoms with Gasteiger partial charge >= 0.3 is 0 Å². The lowest BCUT2D eigenvalue weighted by Gasteiger charge is -2.26. The lowest BCUT2D eigenvalue weighted by Crippen LogP contribution is -2.21. The number of aryl methyl sites for hydroxylation is 1. The summed E-state index contributed by atoms with van der Waals surface area (Å²) >= 11 is 0. The maximum Gasteiger partial charge on any atom is 0.102 e. The fraction of sp³-hybridized carbons (Fsp3) is 0.438. The van der Waals surface area contributed by atoms with Gasteiger partial charge in [0.1, 0.15) is 6.10 Å². The predicted molar refractivity (Wildman–Crippen MR) is 78.4 cm³/mol. The zero-order chi connectivity index (χ0) is 14.1. The van der Waals surface area contributed by atoms with Crippen molar-refractivity contribution in [2.75, 3.05) is 6.61 Å². The maximum absolute atomic E-state index is 5.95. The zero-order valence-corrected chi connectivity index (χ0v) is 12.1. The van der Waals surface area contributed by atoms with E-state index in [0.717, 1.165) is 36.5 Å². The lowest BCUT2D eigenvalue weighted by atomic mass is 9.97. The van der Waals surface area contributed by atoms with Crippen LogP contribution in [0.4, 0.5) is 0 Å². The Morgan fingerprint density at radius 2 is 2.15 bits per heavy atom. The highest BCUT2D eigenvalue weighted by molar-refractivity contribution is 5.31. The van der Waals surface area contributed by atoms with E-state index in [9.17, 15) is 0 Å². The predicted octanol–water partition coefficient (Wildman–Crippen LogP) is 2.27. The van der Waals surface area contributed by atoms with Crippen LogP contribution in [0.3, 0.4) is 0 Å². The summed E-state index contributed by atoms with van der Waals surface area (Å²) in [4.78, 5) is 0. The molecule has 0 fully saturated rings. The first-order valence-electron chi connectivity index (χ1n) is 7.13. The van der Waals surface area contributed by atoms with E-state index in [2.05, 4.69) is 36.3 Å². The Bertz CT molecular complexity index is 618. The van der Waals surface area contributed by atoms with Crippen LogP contribution in [-0.2, 0) is 24.2 Å². The molecule has 1 aliphatic rings. The SMILES string of the molecule is Cc1nn(CC2OCCc3ccccc32)c(C)c1CN. The average Bonchev–Trinajstić information content (AvgIpc) is 2.73. The topological polar surface area (TPSA) is 53.1 Å². The molecule has 0 spiro atoms. The van der Waals surface area contributed by atoms with E-state index in [1.165, 1.54) is 11.1 Å². The second kappa shape index (κ2) is 5.38. The first kappa shape index (κ1) is 13.3. The second-order valence-electron chi connectivity index (χ2n) is 5.34. The molecule has 2 heterocycles. The van der Waals surface area contributed by atoms with Crippen LogP contribution >= 0.6 is 0 Å². The van der Waals surface area contributed by atoms with Crippen molar-refractivity contribution in [1.82, 2.24) is 9.78 Å². The van der Waals surface area contributed by atoms with Crippen molar-refractivity contribution in [1.29, 1.82) is 0 Å². The molecule has 0 amide bonds. The van der Waals surface area contributed by atoms with Gasteiger partial charge in [0.05, 0.1) is 18.8 Å². The first-order valence-corrected chi connectivity index (χ1v) is 7.13. The van der Waals surface area contributed by atoms with Gasteiger partial charge in [0, 0.05) is 17.8 Å². The Labute approximate surface area is 119 Å². The Balaban J connectivity index is 1.89. The van der Waals surface area contributed by atoms with Crippen molar-refractivity contribution in [3.63, 3.8) is 0 Å². The summed E-state index contributed by atoms with van der Waals surface area (Å²) in [6.45, 7) is 6.17. The highest BCUT2D eigenvalue weighted by atomic mass is 16.5. The van der Waals surface area contributed by atoms with E-state index in [-0.39, 0.29) is 6.10 Å². The summed E-state index contributed by atoms with van der Waals surface area (Å²) in [5, 5.41) is 4.60. The molecule has 1 aliphatic heterocycles. The lowest BCUT2D eigenvalue weighted by molar-refractivity contribution is 0.0278. The molecule has 1 unspecified atom stereocenters. The van der Waals surface area contributed by atoms with Crippen molar-refractivity contribution in [2.24, 2.45) is 5.73 Å². The zero-order valence-electron chi connectivity index (χ0n) is 12.1. The molecule has 2 aromatic rings. The minimum Gasteiger partial charge on any atom is -0.371 e. The summed E-state index contributed by atoms with van der Waals surface area (Å²) in [6.07, 6.45) is 1.08. The third-order valence-corrected chi connectivity index (χ3v) is 4.17. The van der Waals surface area contributed by atoms with Crippen molar-refractivity contribution in [3.8, 4) is 0 Å². The van der Waals surface area contributed by atoms with E-state index < -0.39 is 0 Å². The van der Waals surface area contributed by atoms with Crippen LogP contribution in [0.25, 0.3) is 0 Å². The van der Waals surface area contributed by atoms with Gasteiger partial charge in [-0.3, -0.25) is 4.68 Å². The second-order valence-corrected chi connectivity index (χ2v) is 5.34. The van der Waals surface area contributed by atoms with Gasteiger partial charge < -0.3 is 10.5 Å². The highest BCUT2D eigenvalue weighted by Crippen LogP contribution is 2.29. The Kier molecular flexibility index (Phi) is 3.59. The fourth-order valence-corrected chi connectivity index (χ4v) is 2.99. The smallest absolute Gasteiger partial charge is 0.102 e. The van der Waals surface area contributed by atoms with Crippen LogP contribution in [0.1, 0.15) is 34.2 Å². The van der Waals surface area contributed by atoms with Gasteiger partial charge in [-0.05, 0) is 31.4 Å². The standard InChI is InChI=1S/C16H21N3O/c1-11-15(9-17)12(2)19(18-11)10-16-14-6-4-3-5-13(14)7-8-20-16/h3-6,16H,7-10,17H2,1-2H3. The molecule has 0 aliphatic carbocycles. The molecule has 20 heavy (non-hydrogen) atoms. The number of hydrogen-bond donors (Lipinski definition) is 1. The van der Waals surface area contributed by atoms with Gasteiger partial charge in [0.2, 0.25) is 0 Å². The molecule has 1 aromatic heterocycles. The van der Waals surface area contributed by atoms with Gasteiger partial charge in [0.15, 0.2) is 0 Å². The Morgan fingerprint density at radius 1 is 1.35 bits per heavy atom. The van der Waals surface area contributed by atoms with E-state index >= 15 is 0 Å². The van der Waals surface area contributed by atoms with Crippen molar-refractivity contribution >= 4 is 0 Å². The van der Waals surface area contributed by atoms with Crippen LogP contribution in [0.5, 0.6) is 0 Å². The van der Waals surface area contributed by atoms with Crippen molar-refractivity contribution in [3.05, 3.63) is 52.3 Å². The summed E-state index contributed by atoms with van der Waals surface area (Å²) in [5.74, 6) is 0. The molecule has 4 nitrogen and oxygen atoms in total. The molecule has 2 N–H and O–H groups in total. The van der Waals surface area contributed by atoms with Gasteiger partial charge in [0.25, 0.3) is 0 Å². The molecule has 4 heteroatoms. The van der Waals surface area contributed by atoms with Gasteiger partial charge in [-0.1, -0.05) is 24.3 Å². The number of nitrogens with two attached hydrogens (primary N) is 1. The summed E-state index contributed by atoms with van der Waals surface area (Å²) in [7, 11) is 0. The summed E-state index contributed by atoms with van der Waals surface area (Å²) < 4.78 is 7.99. The van der Waals surface area contributed by atoms with Crippen LogP contribution in [0.2, 0.25) is 0 Å². The number of benzene rings is 1. The number of fused-ring (bicyclic) bond motifs is 1. The molecule has 0 radical (unpaired) electrons. The molecule has 1 aromatic carbocycles. The average molecular weight is 271 g/mol. The molecular formula is C16H21N3O. The normalized spacial score (nSPS) is 18.1. The Hall–Kier alpha value is -1.65. The van der Waals surface area contributed by atoms with Crippen LogP contribution in [-0.4, -0.2) is 16.4 Å². The molecule has 0 bridgehead atoms.